The number of halogens is 6. The monoisotopic (exact) mass is 451 g/mol. The molecule has 5 nitrogen and oxygen atoms in total. The van der Waals surface area contributed by atoms with Crippen molar-refractivity contribution in [3.8, 4) is 5.69 Å². The van der Waals surface area contributed by atoms with Crippen LogP contribution in [0.15, 0.2) is 16.7 Å². The molecule has 1 heterocycles. The molecular weight excluding hydrogens is 446 g/mol. The van der Waals surface area contributed by atoms with Crippen LogP contribution in [0.1, 0.15) is 11.1 Å². The SMILES string of the molecule is Nc1c(CS(=O)O)c(Br)nn1-c1c(Cl)cc(C(F)(F)F)cc1Cl. The van der Waals surface area contributed by atoms with Crippen LogP contribution in [0.5, 0.6) is 0 Å². The van der Waals surface area contributed by atoms with Gasteiger partial charge in [0.25, 0.3) is 0 Å². The van der Waals surface area contributed by atoms with Gasteiger partial charge < -0.3 is 10.3 Å². The van der Waals surface area contributed by atoms with E-state index in [1.165, 1.54) is 0 Å². The first-order valence-electron chi connectivity index (χ1n) is 5.69. The topological polar surface area (TPSA) is 81.1 Å². The first-order chi connectivity index (χ1) is 10.5. The standard InChI is InChI=1S/C11H7BrCl2F3N3O2S/c12-9-5(3-23(21)22)10(18)20(19-9)8-6(13)1-4(2-7(8)14)11(15,16)17/h1-2H,3,18H2,(H,21,22). The van der Waals surface area contributed by atoms with E-state index in [-0.39, 0.29) is 37.5 Å². The summed E-state index contributed by atoms with van der Waals surface area (Å²) in [6.45, 7) is 0. The van der Waals surface area contributed by atoms with Crippen molar-refractivity contribution in [3.05, 3.63) is 37.9 Å². The van der Waals surface area contributed by atoms with Gasteiger partial charge in [-0.1, -0.05) is 23.2 Å². The molecule has 1 aromatic heterocycles. The van der Waals surface area contributed by atoms with Crippen LogP contribution in [-0.2, 0) is 23.0 Å². The maximum absolute atomic E-state index is 12.7. The summed E-state index contributed by atoms with van der Waals surface area (Å²) in [6, 6.07) is 1.39. The van der Waals surface area contributed by atoms with Gasteiger partial charge in [-0.05, 0) is 28.1 Å². The highest BCUT2D eigenvalue weighted by Crippen LogP contribution is 2.39. The lowest BCUT2D eigenvalue weighted by Crippen LogP contribution is -2.09. The third kappa shape index (κ3) is 3.82. The number of nitrogens with zero attached hydrogens (tertiary/aromatic N) is 2. The minimum atomic E-state index is -4.61. The second-order valence-corrected chi connectivity index (χ2v) is 6.82. The molecule has 0 saturated heterocycles. The summed E-state index contributed by atoms with van der Waals surface area (Å²) in [5.41, 5.74) is 4.96. The molecule has 126 valence electrons. The Morgan fingerprint density at radius 2 is 1.87 bits per heavy atom. The van der Waals surface area contributed by atoms with Crippen molar-refractivity contribution >= 4 is 56.0 Å². The van der Waals surface area contributed by atoms with Crippen LogP contribution < -0.4 is 5.73 Å². The normalized spacial score (nSPS) is 13.3. The quantitative estimate of drug-likeness (QED) is 0.681. The molecule has 12 heteroatoms. The van der Waals surface area contributed by atoms with E-state index >= 15 is 0 Å². The highest BCUT2D eigenvalue weighted by molar-refractivity contribution is 9.10. The first-order valence-corrected chi connectivity index (χ1v) is 8.51. The predicted octanol–water partition coefficient (Wildman–Crippen LogP) is 4.26. The Hall–Kier alpha value is -0.810. The van der Waals surface area contributed by atoms with E-state index in [4.69, 9.17) is 33.5 Å². The molecule has 0 bridgehead atoms. The van der Waals surface area contributed by atoms with Gasteiger partial charge in [0.2, 0.25) is 0 Å². The van der Waals surface area contributed by atoms with Crippen LogP contribution in [0.4, 0.5) is 19.0 Å². The predicted molar refractivity (Wildman–Crippen MR) is 85.2 cm³/mol. The van der Waals surface area contributed by atoms with E-state index in [2.05, 4.69) is 21.0 Å². The van der Waals surface area contributed by atoms with Gasteiger partial charge in [-0.3, -0.25) is 0 Å². The molecule has 0 amide bonds. The summed E-state index contributed by atoms with van der Waals surface area (Å²) in [7, 11) is 0. The Balaban J connectivity index is 2.62. The molecule has 1 unspecified atom stereocenters. The molecule has 1 aromatic carbocycles. The largest absolute Gasteiger partial charge is 0.416 e. The van der Waals surface area contributed by atoms with Gasteiger partial charge in [0, 0.05) is 5.56 Å². The van der Waals surface area contributed by atoms with Crippen molar-refractivity contribution in [2.75, 3.05) is 5.73 Å². The Bertz CT molecular complexity index is 775. The number of hydrogen-bond acceptors (Lipinski definition) is 3. The fraction of sp³-hybridized carbons (Fsp3) is 0.182. The van der Waals surface area contributed by atoms with Crippen molar-refractivity contribution in [1.29, 1.82) is 0 Å². The average Bonchev–Trinajstić information content (AvgIpc) is 2.64. The molecule has 0 aliphatic rings. The number of alkyl halides is 3. The molecule has 0 fully saturated rings. The minimum absolute atomic E-state index is 0.0606. The molecule has 0 aliphatic carbocycles. The summed E-state index contributed by atoms with van der Waals surface area (Å²) in [5.74, 6) is -0.384. The zero-order valence-corrected chi connectivity index (χ0v) is 14.8. The minimum Gasteiger partial charge on any atom is -0.383 e. The Morgan fingerprint density at radius 1 is 1.35 bits per heavy atom. The molecule has 23 heavy (non-hydrogen) atoms. The molecule has 0 radical (unpaired) electrons. The Labute approximate surface area is 149 Å². The molecule has 0 saturated carbocycles. The molecule has 1 atom stereocenters. The van der Waals surface area contributed by atoms with Crippen LogP contribution >= 0.6 is 39.1 Å². The van der Waals surface area contributed by atoms with Crippen molar-refractivity contribution in [2.45, 2.75) is 11.9 Å². The van der Waals surface area contributed by atoms with Crippen LogP contribution in [-0.4, -0.2) is 18.5 Å². The van der Waals surface area contributed by atoms with Gasteiger partial charge in [0.15, 0.2) is 11.1 Å². The summed E-state index contributed by atoms with van der Waals surface area (Å²) < 4.78 is 59.3. The summed E-state index contributed by atoms with van der Waals surface area (Å²) in [5, 5.41) is 3.33. The second kappa shape index (κ2) is 6.60. The number of hydrogen-bond donors (Lipinski definition) is 2. The average molecular weight is 453 g/mol. The molecule has 3 N–H and O–H groups in total. The molecule has 2 rings (SSSR count). The third-order valence-corrected chi connectivity index (χ3v) is 4.55. The van der Waals surface area contributed by atoms with Crippen molar-refractivity contribution < 1.29 is 21.9 Å². The number of benzene rings is 1. The second-order valence-electron chi connectivity index (χ2n) is 4.32. The van der Waals surface area contributed by atoms with Gasteiger partial charge in [-0.2, -0.15) is 18.3 Å². The summed E-state index contributed by atoms with van der Waals surface area (Å²) in [6.07, 6.45) is -4.61. The lowest BCUT2D eigenvalue weighted by molar-refractivity contribution is -0.137. The van der Waals surface area contributed by atoms with E-state index in [1.807, 2.05) is 0 Å². The van der Waals surface area contributed by atoms with Crippen molar-refractivity contribution in [1.82, 2.24) is 9.78 Å². The summed E-state index contributed by atoms with van der Waals surface area (Å²) in [4.78, 5) is 0. The van der Waals surface area contributed by atoms with Crippen LogP contribution in [0.3, 0.4) is 0 Å². The van der Waals surface area contributed by atoms with E-state index in [1.54, 1.807) is 0 Å². The third-order valence-electron chi connectivity index (χ3n) is 2.80. The van der Waals surface area contributed by atoms with Crippen LogP contribution in [0, 0.1) is 0 Å². The summed E-state index contributed by atoms with van der Waals surface area (Å²) >= 11 is 12.7. The van der Waals surface area contributed by atoms with Crippen molar-refractivity contribution in [3.63, 3.8) is 0 Å². The number of rotatable bonds is 3. The van der Waals surface area contributed by atoms with Gasteiger partial charge >= 0.3 is 6.18 Å². The molecule has 2 aromatic rings. The number of nitrogens with two attached hydrogens (primary N) is 1. The zero-order chi connectivity index (χ0) is 17.5. The number of nitrogen functional groups attached to an aromatic ring is 1. The Kier molecular flexibility index (Phi) is 5.31. The maximum atomic E-state index is 12.7. The first kappa shape index (κ1) is 18.5. The van der Waals surface area contributed by atoms with E-state index in [0.29, 0.717) is 12.1 Å². The molecule has 0 spiro atoms. The molecule has 0 aliphatic heterocycles. The number of aromatic nitrogens is 2. The fourth-order valence-electron chi connectivity index (χ4n) is 1.79. The fourth-order valence-corrected chi connectivity index (χ4v) is 3.66. The van der Waals surface area contributed by atoms with E-state index in [9.17, 15) is 17.4 Å². The van der Waals surface area contributed by atoms with Crippen LogP contribution in [0.25, 0.3) is 5.69 Å². The van der Waals surface area contributed by atoms with Gasteiger partial charge in [-0.15, -0.1) is 0 Å². The lowest BCUT2D eigenvalue weighted by atomic mass is 10.2. The van der Waals surface area contributed by atoms with E-state index in [0.717, 1.165) is 4.68 Å². The van der Waals surface area contributed by atoms with Gasteiger partial charge in [0.1, 0.15) is 16.1 Å². The van der Waals surface area contributed by atoms with Gasteiger partial charge in [0.05, 0.1) is 21.4 Å². The number of anilines is 1. The van der Waals surface area contributed by atoms with E-state index < -0.39 is 22.8 Å². The molecular formula is C11H7BrCl2F3N3O2S. The van der Waals surface area contributed by atoms with Crippen LogP contribution in [0.2, 0.25) is 10.0 Å². The highest BCUT2D eigenvalue weighted by atomic mass is 79.9. The van der Waals surface area contributed by atoms with Gasteiger partial charge in [-0.25, -0.2) is 8.89 Å². The smallest absolute Gasteiger partial charge is 0.383 e. The lowest BCUT2D eigenvalue weighted by Gasteiger charge is -2.13. The Morgan fingerprint density at radius 3 is 2.30 bits per heavy atom. The maximum Gasteiger partial charge on any atom is 0.416 e. The highest BCUT2D eigenvalue weighted by Gasteiger charge is 2.32. The van der Waals surface area contributed by atoms with Crippen molar-refractivity contribution in [2.24, 2.45) is 0 Å². The zero-order valence-electron chi connectivity index (χ0n) is 10.9.